The van der Waals surface area contributed by atoms with Gasteiger partial charge >= 0.3 is 0 Å². The summed E-state index contributed by atoms with van der Waals surface area (Å²) in [6, 6.07) is 17.7. The van der Waals surface area contributed by atoms with E-state index >= 15 is 0 Å². The van der Waals surface area contributed by atoms with E-state index in [2.05, 4.69) is 58.9 Å². The molecule has 1 aliphatic rings. The van der Waals surface area contributed by atoms with Gasteiger partial charge in [0.2, 0.25) is 0 Å². The van der Waals surface area contributed by atoms with Gasteiger partial charge in [0.05, 0.1) is 7.11 Å². The molecular weight excluding hydrogens is 328 g/mol. The van der Waals surface area contributed by atoms with Crippen LogP contribution in [0.5, 0.6) is 5.75 Å². The zero-order valence-corrected chi connectivity index (χ0v) is 16.0. The highest BCUT2D eigenvalue weighted by molar-refractivity contribution is 7.98. The van der Waals surface area contributed by atoms with E-state index in [1.54, 1.807) is 18.9 Å². The molecule has 1 atom stereocenters. The number of thioether (sulfide) groups is 1. The van der Waals surface area contributed by atoms with Gasteiger partial charge in [-0.05, 0) is 67.6 Å². The number of ether oxygens (including phenoxy) is 1. The average Bonchev–Trinajstić information content (AvgIpc) is 3.20. The predicted molar refractivity (Wildman–Crippen MR) is 106 cm³/mol. The normalized spacial score (nSPS) is 16.1. The molecule has 0 saturated carbocycles. The molecule has 3 rings (SSSR count). The molecule has 0 aliphatic carbocycles. The van der Waals surface area contributed by atoms with Crippen molar-refractivity contribution in [2.45, 2.75) is 30.3 Å². The fourth-order valence-corrected chi connectivity index (χ4v) is 3.86. The summed E-state index contributed by atoms with van der Waals surface area (Å²) < 4.78 is 5.42. The van der Waals surface area contributed by atoms with Gasteiger partial charge in [-0.1, -0.05) is 24.3 Å². The first kappa shape index (κ1) is 18.3. The molecule has 1 N–H and O–H groups in total. The largest absolute Gasteiger partial charge is 0.497 e. The van der Waals surface area contributed by atoms with Gasteiger partial charge < -0.3 is 10.1 Å². The number of nitrogens with zero attached hydrogens (tertiary/aromatic N) is 1. The molecule has 134 valence electrons. The summed E-state index contributed by atoms with van der Waals surface area (Å²) in [5.41, 5.74) is 2.68. The van der Waals surface area contributed by atoms with Crippen molar-refractivity contribution >= 4 is 11.8 Å². The van der Waals surface area contributed by atoms with E-state index in [0.717, 1.165) is 18.8 Å². The van der Waals surface area contributed by atoms with Gasteiger partial charge in [-0.25, -0.2) is 0 Å². The van der Waals surface area contributed by atoms with Crippen LogP contribution in [0.3, 0.4) is 0 Å². The average molecular weight is 357 g/mol. The number of methoxy groups -OCH3 is 1. The van der Waals surface area contributed by atoms with Crippen molar-refractivity contribution < 1.29 is 4.74 Å². The number of hydrogen-bond acceptors (Lipinski definition) is 4. The summed E-state index contributed by atoms with van der Waals surface area (Å²) in [5.74, 6) is 0.939. The van der Waals surface area contributed by atoms with Crippen molar-refractivity contribution in [1.82, 2.24) is 10.2 Å². The fourth-order valence-electron chi connectivity index (χ4n) is 3.46. The maximum atomic E-state index is 5.42. The lowest BCUT2D eigenvalue weighted by molar-refractivity contribution is 0.238. The Morgan fingerprint density at radius 1 is 1.12 bits per heavy atom. The molecule has 2 aromatic carbocycles. The Balaban J connectivity index is 1.64. The van der Waals surface area contributed by atoms with Crippen molar-refractivity contribution in [2.24, 2.45) is 0 Å². The second-order valence-electron chi connectivity index (χ2n) is 6.51. The SMILES string of the molecule is COc1cccc(C(CNCc2ccc(SC)cc2)N2CCCC2)c1. The van der Waals surface area contributed by atoms with Crippen LogP contribution in [0.1, 0.15) is 30.0 Å². The van der Waals surface area contributed by atoms with Crippen molar-refractivity contribution in [3.05, 3.63) is 59.7 Å². The molecule has 25 heavy (non-hydrogen) atoms. The van der Waals surface area contributed by atoms with Gasteiger partial charge in [0.15, 0.2) is 0 Å². The first-order chi connectivity index (χ1) is 12.3. The van der Waals surface area contributed by atoms with E-state index in [1.165, 1.54) is 42.0 Å². The molecule has 0 amide bonds. The summed E-state index contributed by atoms with van der Waals surface area (Å²) in [6.07, 6.45) is 4.72. The maximum Gasteiger partial charge on any atom is 0.119 e. The van der Waals surface area contributed by atoms with Crippen LogP contribution in [0.4, 0.5) is 0 Å². The standard InChI is InChI=1S/C21H28N2OS/c1-24-19-7-5-6-18(14-19)21(23-12-3-4-13-23)16-22-15-17-8-10-20(25-2)11-9-17/h5-11,14,21-22H,3-4,12-13,15-16H2,1-2H3. The van der Waals surface area contributed by atoms with Crippen molar-refractivity contribution in [2.75, 3.05) is 33.0 Å². The first-order valence-electron chi connectivity index (χ1n) is 9.02. The second kappa shape index (κ2) is 9.27. The van der Waals surface area contributed by atoms with Crippen LogP contribution < -0.4 is 10.1 Å². The van der Waals surface area contributed by atoms with E-state index in [4.69, 9.17) is 4.74 Å². The third-order valence-corrected chi connectivity index (χ3v) is 5.63. The van der Waals surface area contributed by atoms with Crippen LogP contribution in [-0.2, 0) is 6.54 Å². The smallest absolute Gasteiger partial charge is 0.119 e. The summed E-state index contributed by atoms with van der Waals surface area (Å²) >= 11 is 1.78. The van der Waals surface area contributed by atoms with E-state index < -0.39 is 0 Å². The summed E-state index contributed by atoms with van der Waals surface area (Å²) in [7, 11) is 1.74. The Morgan fingerprint density at radius 2 is 1.88 bits per heavy atom. The van der Waals surface area contributed by atoms with Crippen LogP contribution in [0.25, 0.3) is 0 Å². The summed E-state index contributed by atoms with van der Waals surface area (Å²) in [5, 5.41) is 3.66. The van der Waals surface area contributed by atoms with Gasteiger partial charge in [0, 0.05) is 24.0 Å². The molecule has 2 aromatic rings. The molecule has 1 unspecified atom stereocenters. The number of benzene rings is 2. The highest BCUT2D eigenvalue weighted by Crippen LogP contribution is 2.27. The van der Waals surface area contributed by atoms with Gasteiger partial charge in [0.1, 0.15) is 5.75 Å². The van der Waals surface area contributed by atoms with E-state index in [0.29, 0.717) is 6.04 Å². The second-order valence-corrected chi connectivity index (χ2v) is 7.39. The Labute approximate surface area is 155 Å². The van der Waals surface area contributed by atoms with Gasteiger partial charge in [-0.3, -0.25) is 4.90 Å². The predicted octanol–water partition coefficient (Wildman–Crippen LogP) is 4.34. The third-order valence-electron chi connectivity index (χ3n) is 4.89. The minimum Gasteiger partial charge on any atom is -0.497 e. The van der Waals surface area contributed by atoms with Crippen LogP contribution in [0, 0.1) is 0 Å². The number of nitrogens with one attached hydrogen (secondary N) is 1. The minimum absolute atomic E-state index is 0.406. The Kier molecular flexibility index (Phi) is 6.79. The molecule has 0 aromatic heterocycles. The van der Waals surface area contributed by atoms with E-state index in [1.807, 2.05) is 6.07 Å². The first-order valence-corrected chi connectivity index (χ1v) is 10.2. The quantitative estimate of drug-likeness (QED) is 0.711. The topological polar surface area (TPSA) is 24.5 Å². The summed E-state index contributed by atoms with van der Waals surface area (Å²) in [6.45, 7) is 4.23. The van der Waals surface area contributed by atoms with Crippen LogP contribution >= 0.6 is 11.8 Å². The molecule has 1 fully saturated rings. The highest BCUT2D eigenvalue weighted by atomic mass is 32.2. The molecular formula is C21H28N2OS. The lowest BCUT2D eigenvalue weighted by atomic mass is 10.0. The van der Waals surface area contributed by atoms with Crippen LogP contribution in [-0.4, -0.2) is 37.9 Å². The number of hydrogen-bond donors (Lipinski definition) is 1. The Hall–Kier alpha value is -1.49. The highest BCUT2D eigenvalue weighted by Gasteiger charge is 2.23. The molecule has 0 spiro atoms. The Bertz CT molecular complexity index is 653. The zero-order chi connectivity index (χ0) is 17.5. The lowest BCUT2D eigenvalue weighted by Crippen LogP contribution is -2.34. The third kappa shape index (κ3) is 5.00. The molecule has 1 heterocycles. The van der Waals surface area contributed by atoms with Gasteiger partial charge in [-0.2, -0.15) is 0 Å². The van der Waals surface area contributed by atoms with Crippen LogP contribution in [0.15, 0.2) is 53.4 Å². The molecule has 3 nitrogen and oxygen atoms in total. The van der Waals surface area contributed by atoms with Crippen molar-refractivity contribution in [3.8, 4) is 5.75 Å². The maximum absolute atomic E-state index is 5.42. The molecule has 1 saturated heterocycles. The minimum atomic E-state index is 0.406. The van der Waals surface area contributed by atoms with Gasteiger partial charge in [-0.15, -0.1) is 11.8 Å². The summed E-state index contributed by atoms with van der Waals surface area (Å²) in [4.78, 5) is 3.91. The van der Waals surface area contributed by atoms with E-state index in [9.17, 15) is 0 Å². The Morgan fingerprint density at radius 3 is 2.56 bits per heavy atom. The van der Waals surface area contributed by atoms with E-state index in [-0.39, 0.29) is 0 Å². The molecule has 0 radical (unpaired) electrons. The van der Waals surface area contributed by atoms with Gasteiger partial charge in [0.25, 0.3) is 0 Å². The zero-order valence-electron chi connectivity index (χ0n) is 15.2. The van der Waals surface area contributed by atoms with Crippen molar-refractivity contribution in [3.63, 3.8) is 0 Å². The lowest BCUT2D eigenvalue weighted by Gasteiger charge is -2.28. The fraction of sp³-hybridized carbons (Fsp3) is 0.429. The molecule has 4 heteroatoms. The number of rotatable bonds is 8. The van der Waals surface area contributed by atoms with Crippen molar-refractivity contribution in [1.29, 1.82) is 0 Å². The molecule has 1 aliphatic heterocycles. The molecule has 0 bridgehead atoms. The number of likely N-dealkylation sites (tertiary alicyclic amines) is 1. The van der Waals surface area contributed by atoms with Crippen LogP contribution in [0.2, 0.25) is 0 Å². The monoisotopic (exact) mass is 356 g/mol.